The van der Waals surface area contributed by atoms with Crippen molar-refractivity contribution in [3.8, 4) is 5.75 Å². The van der Waals surface area contributed by atoms with E-state index in [9.17, 15) is 15.0 Å². The predicted molar refractivity (Wildman–Crippen MR) is 63.8 cm³/mol. The van der Waals surface area contributed by atoms with Gasteiger partial charge >= 0.3 is 0 Å². The molecule has 0 aromatic heterocycles. The number of nitrogens with one attached hydrogen (secondary N) is 1. The normalized spacial score (nSPS) is 24.3. The zero-order chi connectivity index (χ0) is 12.3. The molecular weight excluding hydrogens is 218 g/mol. The van der Waals surface area contributed by atoms with Gasteiger partial charge in [0.1, 0.15) is 5.75 Å². The minimum Gasteiger partial charge on any atom is -0.507 e. The van der Waals surface area contributed by atoms with Gasteiger partial charge < -0.3 is 15.5 Å². The first-order valence-corrected chi connectivity index (χ1v) is 5.95. The van der Waals surface area contributed by atoms with Crippen LogP contribution in [-0.2, 0) is 0 Å². The summed E-state index contributed by atoms with van der Waals surface area (Å²) in [7, 11) is 0. The number of amides is 1. The molecule has 0 bridgehead atoms. The molecule has 0 radical (unpaired) electrons. The lowest BCUT2D eigenvalue weighted by atomic mass is 9.92. The molecule has 1 aliphatic rings. The van der Waals surface area contributed by atoms with Crippen LogP contribution >= 0.6 is 0 Å². The number of aliphatic hydroxyl groups excluding tert-OH is 1. The molecule has 1 aliphatic carbocycles. The van der Waals surface area contributed by atoms with Gasteiger partial charge in [0.2, 0.25) is 0 Å². The third-order valence-electron chi connectivity index (χ3n) is 3.19. The van der Waals surface area contributed by atoms with E-state index in [4.69, 9.17) is 0 Å². The fraction of sp³-hybridized carbons (Fsp3) is 0.462. The van der Waals surface area contributed by atoms with Crippen molar-refractivity contribution < 1.29 is 15.0 Å². The Morgan fingerprint density at radius 3 is 2.65 bits per heavy atom. The Bertz CT molecular complexity index is 405. The summed E-state index contributed by atoms with van der Waals surface area (Å²) in [5.74, 6) is -0.357. The molecule has 0 unspecified atom stereocenters. The Hall–Kier alpha value is -1.55. The molecule has 4 heteroatoms. The van der Waals surface area contributed by atoms with Crippen LogP contribution in [0.15, 0.2) is 24.3 Å². The number of benzene rings is 1. The number of phenols is 1. The van der Waals surface area contributed by atoms with Gasteiger partial charge in [0, 0.05) is 0 Å². The zero-order valence-electron chi connectivity index (χ0n) is 9.60. The van der Waals surface area contributed by atoms with E-state index >= 15 is 0 Å². The van der Waals surface area contributed by atoms with Crippen LogP contribution in [-0.4, -0.2) is 28.3 Å². The monoisotopic (exact) mass is 235 g/mol. The quantitative estimate of drug-likeness (QED) is 0.726. The Morgan fingerprint density at radius 1 is 1.24 bits per heavy atom. The van der Waals surface area contributed by atoms with Crippen LogP contribution in [0.3, 0.4) is 0 Å². The highest BCUT2D eigenvalue weighted by atomic mass is 16.3. The maximum atomic E-state index is 11.9. The van der Waals surface area contributed by atoms with Gasteiger partial charge in [0.05, 0.1) is 17.7 Å². The van der Waals surface area contributed by atoms with E-state index in [1.807, 2.05) is 0 Å². The maximum absolute atomic E-state index is 11.9. The van der Waals surface area contributed by atoms with Gasteiger partial charge in [-0.1, -0.05) is 25.0 Å². The summed E-state index contributed by atoms with van der Waals surface area (Å²) in [4.78, 5) is 11.9. The minimum absolute atomic E-state index is 0.0321. The highest BCUT2D eigenvalue weighted by molar-refractivity contribution is 5.96. The van der Waals surface area contributed by atoms with Gasteiger partial charge in [-0.15, -0.1) is 0 Å². The van der Waals surface area contributed by atoms with Gasteiger partial charge in [-0.3, -0.25) is 4.79 Å². The smallest absolute Gasteiger partial charge is 0.255 e. The van der Waals surface area contributed by atoms with Crippen molar-refractivity contribution in [3.05, 3.63) is 29.8 Å². The molecule has 17 heavy (non-hydrogen) atoms. The summed E-state index contributed by atoms with van der Waals surface area (Å²) in [6.07, 6.45) is 3.07. The standard InChI is InChI=1S/C13H17NO3/c15-11-7-3-1-5-9(11)13(17)14-10-6-2-4-8-12(10)16/h1,3,5,7,10,12,15-16H,2,4,6,8H2,(H,14,17)/t10-,12-/m1/s1. The van der Waals surface area contributed by atoms with Crippen LogP contribution in [0.25, 0.3) is 0 Å². The van der Waals surface area contributed by atoms with Gasteiger partial charge in [0.25, 0.3) is 5.91 Å². The fourth-order valence-corrected chi connectivity index (χ4v) is 2.19. The second kappa shape index (κ2) is 5.19. The predicted octanol–water partition coefficient (Wildman–Crippen LogP) is 1.43. The van der Waals surface area contributed by atoms with Crippen LogP contribution in [0.4, 0.5) is 0 Å². The summed E-state index contributed by atoms with van der Waals surface area (Å²) < 4.78 is 0. The largest absolute Gasteiger partial charge is 0.507 e. The topological polar surface area (TPSA) is 69.6 Å². The molecule has 4 nitrogen and oxygen atoms in total. The highest BCUT2D eigenvalue weighted by Crippen LogP contribution is 2.20. The Kier molecular flexibility index (Phi) is 3.64. The van der Waals surface area contributed by atoms with Crippen molar-refractivity contribution in [2.75, 3.05) is 0 Å². The first-order chi connectivity index (χ1) is 8.18. The van der Waals surface area contributed by atoms with E-state index in [0.717, 1.165) is 25.7 Å². The fourth-order valence-electron chi connectivity index (χ4n) is 2.19. The molecule has 1 saturated carbocycles. The van der Waals surface area contributed by atoms with E-state index < -0.39 is 6.10 Å². The Morgan fingerprint density at radius 2 is 1.94 bits per heavy atom. The molecule has 1 aromatic carbocycles. The van der Waals surface area contributed by atoms with Gasteiger partial charge in [-0.05, 0) is 25.0 Å². The molecule has 0 heterocycles. The molecule has 2 rings (SSSR count). The van der Waals surface area contributed by atoms with Crippen molar-refractivity contribution >= 4 is 5.91 Å². The maximum Gasteiger partial charge on any atom is 0.255 e. The first kappa shape index (κ1) is 11.9. The number of aliphatic hydroxyl groups is 1. The molecule has 1 aromatic rings. The van der Waals surface area contributed by atoms with Crippen molar-refractivity contribution in [3.63, 3.8) is 0 Å². The lowest BCUT2D eigenvalue weighted by Crippen LogP contribution is -2.45. The second-order valence-corrected chi connectivity index (χ2v) is 4.45. The van der Waals surface area contributed by atoms with Crippen LogP contribution in [0.1, 0.15) is 36.0 Å². The number of phenolic OH excluding ortho intramolecular Hbond substituents is 1. The molecule has 92 valence electrons. The van der Waals surface area contributed by atoms with Gasteiger partial charge in [0.15, 0.2) is 0 Å². The minimum atomic E-state index is -0.474. The number of hydrogen-bond donors (Lipinski definition) is 3. The van der Waals surface area contributed by atoms with Crippen molar-refractivity contribution in [2.24, 2.45) is 0 Å². The third kappa shape index (κ3) is 2.77. The number of hydrogen-bond acceptors (Lipinski definition) is 3. The van der Waals surface area contributed by atoms with Gasteiger partial charge in [-0.25, -0.2) is 0 Å². The third-order valence-corrected chi connectivity index (χ3v) is 3.19. The molecule has 1 amide bonds. The number of rotatable bonds is 2. The van der Waals surface area contributed by atoms with E-state index in [1.54, 1.807) is 18.2 Å². The number of carbonyl (C=O) groups is 1. The van der Waals surface area contributed by atoms with Crippen LogP contribution < -0.4 is 5.32 Å². The summed E-state index contributed by atoms with van der Waals surface area (Å²) in [5, 5.41) is 22.1. The molecule has 0 aliphatic heterocycles. The van der Waals surface area contributed by atoms with E-state index in [-0.39, 0.29) is 23.3 Å². The molecule has 2 atom stereocenters. The molecule has 3 N–H and O–H groups in total. The van der Waals surface area contributed by atoms with Gasteiger partial charge in [-0.2, -0.15) is 0 Å². The summed E-state index contributed by atoms with van der Waals surface area (Å²) in [6.45, 7) is 0. The van der Waals surface area contributed by atoms with Crippen LogP contribution in [0, 0.1) is 0 Å². The van der Waals surface area contributed by atoms with Crippen molar-refractivity contribution in [1.29, 1.82) is 0 Å². The van der Waals surface area contributed by atoms with E-state index in [1.165, 1.54) is 6.07 Å². The lowest BCUT2D eigenvalue weighted by Gasteiger charge is -2.28. The first-order valence-electron chi connectivity index (χ1n) is 5.95. The SMILES string of the molecule is O=C(N[C@@H]1CCCC[C@H]1O)c1ccccc1O. The van der Waals surface area contributed by atoms with Crippen molar-refractivity contribution in [1.82, 2.24) is 5.32 Å². The average Bonchev–Trinajstić information content (AvgIpc) is 2.32. The zero-order valence-corrected chi connectivity index (χ0v) is 9.60. The number of aromatic hydroxyl groups is 1. The highest BCUT2D eigenvalue weighted by Gasteiger charge is 2.25. The van der Waals surface area contributed by atoms with Crippen molar-refractivity contribution in [2.45, 2.75) is 37.8 Å². The molecule has 1 fully saturated rings. The molecular formula is C13H17NO3. The van der Waals surface area contributed by atoms with Crippen LogP contribution in [0.2, 0.25) is 0 Å². The number of carbonyl (C=O) groups excluding carboxylic acids is 1. The Balaban J connectivity index is 2.04. The summed E-state index contributed by atoms with van der Waals surface area (Å²) in [5.41, 5.74) is 0.255. The lowest BCUT2D eigenvalue weighted by molar-refractivity contribution is 0.0715. The second-order valence-electron chi connectivity index (χ2n) is 4.45. The Labute approximate surface area is 100 Å². The van der Waals surface area contributed by atoms with E-state index in [2.05, 4.69) is 5.32 Å². The summed E-state index contributed by atoms with van der Waals surface area (Å²) in [6, 6.07) is 6.22. The summed E-state index contributed by atoms with van der Waals surface area (Å²) >= 11 is 0. The number of para-hydroxylation sites is 1. The molecule has 0 saturated heterocycles. The molecule has 0 spiro atoms. The van der Waals surface area contributed by atoms with Crippen LogP contribution in [0.5, 0.6) is 5.75 Å². The van der Waals surface area contributed by atoms with E-state index in [0.29, 0.717) is 0 Å². The average molecular weight is 235 g/mol.